The predicted octanol–water partition coefficient (Wildman–Crippen LogP) is -0.353. The summed E-state index contributed by atoms with van der Waals surface area (Å²) in [7, 11) is 0. The fourth-order valence-electron chi connectivity index (χ4n) is 1.19. The highest BCUT2D eigenvalue weighted by Gasteiger charge is 2.27. The molecule has 0 bridgehead atoms. The van der Waals surface area contributed by atoms with Gasteiger partial charge in [-0.3, -0.25) is 9.59 Å². The van der Waals surface area contributed by atoms with E-state index in [0.29, 0.717) is 13.0 Å². The van der Waals surface area contributed by atoms with E-state index in [1.807, 2.05) is 13.8 Å². The Hall–Kier alpha value is -1.06. The summed E-state index contributed by atoms with van der Waals surface area (Å²) < 4.78 is 0. The molecule has 1 heterocycles. The second-order valence-electron chi connectivity index (χ2n) is 3.37. The standard InChI is InChI=1S/C8H14N2O2/c1-5(2)10-8(12)6-3-7(11)9-4-6/h5-6H,3-4H2,1-2H3,(H,9,11)(H,10,12). The summed E-state index contributed by atoms with van der Waals surface area (Å²) >= 11 is 0. The third kappa shape index (κ3) is 2.22. The number of rotatable bonds is 2. The van der Waals surface area contributed by atoms with Gasteiger partial charge in [-0.2, -0.15) is 0 Å². The second-order valence-corrected chi connectivity index (χ2v) is 3.37. The lowest BCUT2D eigenvalue weighted by Gasteiger charge is -2.11. The molecule has 12 heavy (non-hydrogen) atoms. The molecular weight excluding hydrogens is 156 g/mol. The molecule has 0 saturated carbocycles. The van der Waals surface area contributed by atoms with Gasteiger partial charge in [0.2, 0.25) is 11.8 Å². The first kappa shape index (κ1) is 9.03. The van der Waals surface area contributed by atoms with Crippen LogP contribution in [0.1, 0.15) is 20.3 Å². The van der Waals surface area contributed by atoms with E-state index < -0.39 is 0 Å². The van der Waals surface area contributed by atoms with E-state index in [2.05, 4.69) is 10.6 Å². The molecule has 1 aliphatic rings. The normalized spacial score (nSPS) is 22.6. The molecule has 4 heteroatoms. The van der Waals surface area contributed by atoms with Gasteiger partial charge in [-0.15, -0.1) is 0 Å². The SMILES string of the molecule is CC(C)NC(=O)C1CNC(=O)C1. The van der Waals surface area contributed by atoms with Crippen molar-refractivity contribution in [3.63, 3.8) is 0 Å². The summed E-state index contributed by atoms with van der Waals surface area (Å²) in [6.07, 6.45) is 0.332. The molecule has 2 N–H and O–H groups in total. The fraction of sp³-hybridized carbons (Fsp3) is 0.750. The Kier molecular flexibility index (Phi) is 2.68. The quantitative estimate of drug-likeness (QED) is 0.595. The maximum atomic E-state index is 11.3. The first-order valence-electron chi connectivity index (χ1n) is 4.16. The number of hydrogen-bond donors (Lipinski definition) is 2. The monoisotopic (exact) mass is 170 g/mol. The van der Waals surface area contributed by atoms with Gasteiger partial charge in [0.15, 0.2) is 0 Å². The van der Waals surface area contributed by atoms with Gasteiger partial charge in [-0.25, -0.2) is 0 Å². The zero-order chi connectivity index (χ0) is 9.14. The molecule has 0 aromatic carbocycles. The summed E-state index contributed by atoms with van der Waals surface area (Å²) in [5.74, 6) is -0.220. The van der Waals surface area contributed by atoms with Crippen molar-refractivity contribution in [2.45, 2.75) is 26.3 Å². The van der Waals surface area contributed by atoms with Crippen LogP contribution in [0.25, 0.3) is 0 Å². The third-order valence-electron chi connectivity index (χ3n) is 1.78. The molecule has 0 aliphatic carbocycles. The van der Waals surface area contributed by atoms with Gasteiger partial charge in [-0.1, -0.05) is 0 Å². The first-order valence-corrected chi connectivity index (χ1v) is 4.16. The lowest BCUT2D eigenvalue weighted by atomic mass is 10.1. The van der Waals surface area contributed by atoms with Gasteiger partial charge in [0.1, 0.15) is 0 Å². The second kappa shape index (κ2) is 3.56. The van der Waals surface area contributed by atoms with E-state index in [1.165, 1.54) is 0 Å². The number of carbonyl (C=O) groups excluding carboxylic acids is 2. The zero-order valence-electron chi connectivity index (χ0n) is 7.39. The lowest BCUT2D eigenvalue weighted by molar-refractivity contribution is -0.126. The van der Waals surface area contributed by atoms with Crippen molar-refractivity contribution in [3.8, 4) is 0 Å². The van der Waals surface area contributed by atoms with Gasteiger partial charge >= 0.3 is 0 Å². The third-order valence-corrected chi connectivity index (χ3v) is 1.78. The zero-order valence-corrected chi connectivity index (χ0v) is 7.39. The highest BCUT2D eigenvalue weighted by molar-refractivity contribution is 5.89. The van der Waals surface area contributed by atoms with Crippen LogP contribution in [0.4, 0.5) is 0 Å². The molecule has 1 unspecified atom stereocenters. The average molecular weight is 170 g/mol. The lowest BCUT2D eigenvalue weighted by Crippen LogP contribution is -2.36. The van der Waals surface area contributed by atoms with Crippen LogP contribution >= 0.6 is 0 Å². The summed E-state index contributed by atoms with van der Waals surface area (Å²) in [5.41, 5.74) is 0. The minimum atomic E-state index is -0.167. The summed E-state index contributed by atoms with van der Waals surface area (Å²) in [5, 5.41) is 5.40. The Labute approximate surface area is 71.7 Å². The van der Waals surface area contributed by atoms with Gasteiger partial charge in [0, 0.05) is 19.0 Å². The fourth-order valence-corrected chi connectivity index (χ4v) is 1.19. The Morgan fingerprint density at radius 1 is 1.67 bits per heavy atom. The molecule has 4 nitrogen and oxygen atoms in total. The summed E-state index contributed by atoms with van der Waals surface area (Å²) in [6, 6.07) is 0.146. The highest BCUT2D eigenvalue weighted by atomic mass is 16.2. The van der Waals surface area contributed by atoms with E-state index in [-0.39, 0.29) is 23.8 Å². The summed E-state index contributed by atoms with van der Waals surface area (Å²) in [6.45, 7) is 4.29. The van der Waals surface area contributed by atoms with E-state index in [0.717, 1.165) is 0 Å². The van der Waals surface area contributed by atoms with E-state index >= 15 is 0 Å². The molecule has 2 amide bonds. The van der Waals surface area contributed by atoms with Crippen molar-refractivity contribution in [1.29, 1.82) is 0 Å². The molecule has 68 valence electrons. The van der Waals surface area contributed by atoms with Gasteiger partial charge in [0.25, 0.3) is 0 Å². The Bertz CT molecular complexity index is 201. The maximum absolute atomic E-state index is 11.3. The number of carbonyl (C=O) groups is 2. The van der Waals surface area contributed by atoms with Crippen LogP contribution in [-0.2, 0) is 9.59 Å². The van der Waals surface area contributed by atoms with Gasteiger partial charge in [0.05, 0.1) is 5.92 Å². The first-order chi connectivity index (χ1) is 5.59. The van der Waals surface area contributed by atoms with Crippen LogP contribution in [-0.4, -0.2) is 24.4 Å². The molecule has 1 aliphatic heterocycles. The predicted molar refractivity (Wildman–Crippen MR) is 44.4 cm³/mol. The van der Waals surface area contributed by atoms with Gasteiger partial charge < -0.3 is 10.6 Å². The Balaban J connectivity index is 2.38. The van der Waals surface area contributed by atoms with Gasteiger partial charge in [-0.05, 0) is 13.8 Å². The molecule has 1 rings (SSSR count). The Morgan fingerprint density at radius 2 is 2.33 bits per heavy atom. The molecule has 1 fully saturated rings. The molecule has 0 aromatic rings. The van der Waals surface area contributed by atoms with E-state index in [4.69, 9.17) is 0 Å². The largest absolute Gasteiger partial charge is 0.355 e. The number of hydrogen-bond acceptors (Lipinski definition) is 2. The number of amides is 2. The molecular formula is C8H14N2O2. The van der Waals surface area contributed by atoms with Crippen LogP contribution in [0.15, 0.2) is 0 Å². The van der Waals surface area contributed by atoms with Crippen LogP contribution in [0, 0.1) is 5.92 Å². The molecule has 0 radical (unpaired) electrons. The molecule has 1 atom stereocenters. The maximum Gasteiger partial charge on any atom is 0.225 e. The minimum Gasteiger partial charge on any atom is -0.355 e. The highest BCUT2D eigenvalue weighted by Crippen LogP contribution is 2.08. The minimum absolute atomic E-state index is 0.0247. The smallest absolute Gasteiger partial charge is 0.225 e. The van der Waals surface area contributed by atoms with E-state index in [1.54, 1.807) is 0 Å². The average Bonchev–Trinajstić information content (AvgIpc) is 2.34. The van der Waals surface area contributed by atoms with Crippen molar-refractivity contribution in [1.82, 2.24) is 10.6 Å². The van der Waals surface area contributed by atoms with Crippen molar-refractivity contribution < 1.29 is 9.59 Å². The summed E-state index contributed by atoms with van der Waals surface area (Å²) in [4.78, 5) is 22.1. The van der Waals surface area contributed by atoms with Crippen molar-refractivity contribution in [3.05, 3.63) is 0 Å². The van der Waals surface area contributed by atoms with Crippen molar-refractivity contribution in [2.75, 3.05) is 6.54 Å². The van der Waals surface area contributed by atoms with Crippen molar-refractivity contribution >= 4 is 11.8 Å². The number of nitrogens with one attached hydrogen (secondary N) is 2. The van der Waals surface area contributed by atoms with Crippen LogP contribution in [0.3, 0.4) is 0 Å². The topological polar surface area (TPSA) is 58.2 Å². The molecule has 0 spiro atoms. The van der Waals surface area contributed by atoms with Crippen LogP contribution < -0.4 is 10.6 Å². The molecule has 0 aromatic heterocycles. The Morgan fingerprint density at radius 3 is 2.75 bits per heavy atom. The van der Waals surface area contributed by atoms with E-state index in [9.17, 15) is 9.59 Å². The molecule has 1 saturated heterocycles. The van der Waals surface area contributed by atoms with Crippen LogP contribution in [0.5, 0.6) is 0 Å². The van der Waals surface area contributed by atoms with Crippen LogP contribution in [0.2, 0.25) is 0 Å². The van der Waals surface area contributed by atoms with Crippen molar-refractivity contribution in [2.24, 2.45) is 5.92 Å².